The molecular formula is C27H16Br2N4O6. The first-order valence-corrected chi connectivity index (χ1v) is 12.9. The molecule has 4 aromatic carbocycles. The van der Waals surface area contributed by atoms with E-state index in [1.807, 2.05) is 49.4 Å². The molecule has 0 bridgehead atoms. The maximum absolute atomic E-state index is 11.4. The Labute approximate surface area is 237 Å². The number of aliphatic imine (C=N–C) groups is 1. The minimum Gasteiger partial charge on any atom is -0.448 e. The minimum absolute atomic E-state index is 0.136. The van der Waals surface area contributed by atoms with E-state index in [4.69, 9.17) is 9.15 Å². The van der Waals surface area contributed by atoms with Crippen LogP contribution in [0.25, 0.3) is 22.6 Å². The summed E-state index contributed by atoms with van der Waals surface area (Å²) in [4.78, 5) is 30.1. The van der Waals surface area contributed by atoms with E-state index in [2.05, 4.69) is 41.8 Å². The highest BCUT2D eigenvalue weighted by Gasteiger charge is 2.23. The van der Waals surface area contributed by atoms with Crippen LogP contribution < -0.4 is 4.74 Å². The number of benzene rings is 4. The Morgan fingerprint density at radius 3 is 2.31 bits per heavy atom. The van der Waals surface area contributed by atoms with E-state index >= 15 is 0 Å². The Hall–Kier alpha value is -4.42. The van der Waals surface area contributed by atoms with E-state index in [-0.39, 0.29) is 11.5 Å². The molecule has 0 saturated heterocycles. The van der Waals surface area contributed by atoms with E-state index in [9.17, 15) is 20.2 Å². The van der Waals surface area contributed by atoms with Crippen molar-refractivity contribution < 1.29 is 19.0 Å². The summed E-state index contributed by atoms with van der Waals surface area (Å²) in [7, 11) is 0. The van der Waals surface area contributed by atoms with Gasteiger partial charge in [-0.15, -0.1) is 0 Å². The van der Waals surface area contributed by atoms with Crippen molar-refractivity contribution in [1.29, 1.82) is 0 Å². The van der Waals surface area contributed by atoms with Gasteiger partial charge in [0, 0.05) is 17.8 Å². The van der Waals surface area contributed by atoms with Crippen LogP contribution >= 0.6 is 31.9 Å². The van der Waals surface area contributed by atoms with Crippen molar-refractivity contribution in [2.24, 2.45) is 4.99 Å². The third-order valence-electron chi connectivity index (χ3n) is 5.60. The van der Waals surface area contributed by atoms with Gasteiger partial charge in [0.15, 0.2) is 11.3 Å². The van der Waals surface area contributed by atoms with Gasteiger partial charge in [0.1, 0.15) is 5.52 Å². The molecule has 0 atom stereocenters. The van der Waals surface area contributed by atoms with Crippen molar-refractivity contribution in [1.82, 2.24) is 4.98 Å². The molecule has 0 amide bonds. The van der Waals surface area contributed by atoms with Crippen LogP contribution in [0.15, 0.2) is 91.2 Å². The standard InChI is InChI=1S/C27H16Br2N4O6/c1-15-2-8-24-22(10-15)31-27(39-24)17-3-5-18(6-4-17)30-14-16-11-20(28)26(21(29)12-16)38-25-9-7-19(32(34)35)13-23(25)33(36)37/h2-14H,1H3. The number of aromatic nitrogens is 1. The molecule has 194 valence electrons. The Balaban J connectivity index is 1.34. The summed E-state index contributed by atoms with van der Waals surface area (Å²) in [6.45, 7) is 2.00. The van der Waals surface area contributed by atoms with Crippen LogP contribution in [-0.4, -0.2) is 21.0 Å². The predicted molar refractivity (Wildman–Crippen MR) is 153 cm³/mol. The number of nitro benzene ring substituents is 2. The van der Waals surface area contributed by atoms with Crippen LogP contribution in [-0.2, 0) is 0 Å². The molecule has 5 rings (SSSR count). The van der Waals surface area contributed by atoms with Gasteiger partial charge in [-0.3, -0.25) is 25.2 Å². The number of hydrogen-bond donors (Lipinski definition) is 0. The summed E-state index contributed by atoms with van der Waals surface area (Å²) in [5.41, 5.74) is 3.97. The molecular weight excluding hydrogens is 636 g/mol. The highest BCUT2D eigenvalue weighted by Crippen LogP contribution is 2.41. The first-order valence-electron chi connectivity index (χ1n) is 11.3. The lowest BCUT2D eigenvalue weighted by Gasteiger charge is -2.11. The van der Waals surface area contributed by atoms with Crippen LogP contribution in [0.1, 0.15) is 11.1 Å². The molecule has 39 heavy (non-hydrogen) atoms. The lowest BCUT2D eigenvalue weighted by Crippen LogP contribution is -1.97. The number of nitro groups is 2. The molecule has 1 aromatic heterocycles. The normalized spacial score (nSPS) is 11.3. The van der Waals surface area contributed by atoms with E-state index in [1.165, 1.54) is 6.07 Å². The topological polar surface area (TPSA) is 134 Å². The average Bonchev–Trinajstić information content (AvgIpc) is 3.33. The molecule has 5 aromatic rings. The fourth-order valence-corrected chi connectivity index (χ4v) is 5.09. The predicted octanol–water partition coefficient (Wildman–Crippen LogP) is 8.69. The highest BCUT2D eigenvalue weighted by atomic mass is 79.9. The van der Waals surface area contributed by atoms with Gasteiger partial charge in [0.2, 0.25) is 11.6 Å². The van der Waals surface area contributed by atoms with Crippen molar-refractivity contribution in [3.05, 3.63) is 113 Å². The van der Waals surface area contributed by atoms with Gasteiger partial charge in [-0.05, 0) is 105 Å². The average molecular weight is 652 g/mol. The molecule has 0 spiro atoms. The summed E-state index contributed by atoms with van der Waals surface area (Å²) in [6.07, 6.45) is 1.66. The fourth-order valence-electron chi connectivity index (χ4n) is 3.71. The molecule has 0 N–H and O–H groups in total. The van der Waals surface area contributed by atoms with Crippen LogP contribution in [0.5, 0.6) is 11.5 Å². The number of fused-ring (bicyclic) bond motifs is 1. The van der Waals surface area contributed by atoms with Gasteiger partial charge in [0.05, 0.1) is 30.5 Å². The van der Waals surface area contributed by atoms with Gasteiger partial charge in [0.25, 0.3) is 5.69 Å². The molecule has 1 heterocycles. The quantitative estimate of drug-likeness (QED) is 0.0976. The number of oxazole rings is 1. The van der Waals surface area contributed by atoms with Crippen molar-refractivity contribution in [2.75, 3.05) is 0 Å². The largest absolute Gasteiger partial charge is 0.448 e. The first-order chi connectivity index (χ1) is 18.7. The van der Waals surface area contributed by atoms with Gasteiger partial charge in [-0.2, -0.15) is 0 Å². The molecule has 0 unspecified atom stereocenters. The van der Waals surface area contributed by atoms with E-state index < -0.39 is 21.2 Å². The maximum atomic E-state index is 11.4. The lowest BCUT2D eigenvalue weighted by atomic mass is 10.2. The second-order valence-electron chi connectivity index (χ2n) is 8.38. The number of aryl methyl sites for hydroxylation is 1. The number of nitrogens with zero attached hydrogens (tertiary/aromatic N) is 4. The summed E-state index contributed by atoms with van der Waals surface area (Å²) >= 11 is 6.85. The molecule has 0 aliphatic rings. The number of ether oxygens (including phenoxy) is 1. The second-order valence-corrected chi connectivity index (χ2v) is 10.1. The molecule has 0 saturated carbocycles. The molecule has 10 nitrogen and oxygen atoms in total. The zero-order valence-electron chi connectivity index (χ0n) is 20.0. The van der Waals surface area contributed by atoms with Crippen molar-refractivity contribution in [2.45, 2.75) is 6.92 Å². The Bertz CT molecular complexity index is 1760. The zero-order chi connectivity index (χ0) is 27.7. The third kappa shape index (κ3) is 5.71. The zero-order valence-corrected chi connectivity index (χ0v) is 23.2. The third-order valence-corrected chi connectivity index (χ3v) is 6.78. The van der Waals surface area contributed by atoms with Crippen LogP contribution in [0.4, 0.5) is 17.1 Å². The summed E-state index contributed by atoms with van der Waals surface area (Å²) in [5, 5.41) is 22.4. The van der Waals surface area contributed by atoms with Crippen molar-refractivity contribution in [3.63, 3.8) is 0 Å². The molecule has 0 aliphatic carbocycles. The van der Waals surface area contributed by atoms with Crippen molar-refractivity contribution >= 4 is 66.2 Å². The first kappa shape index (κ1) is 26.2. The van der Waals surface area contributed by atoms with E-state index in [1.54, 1.807) is 18.3 Å². The number of halogens is 2. The van der Waals surface area contributed by atoms with Gasteiger partial charge in [-0.1, -0.05) is 6.07 Å². The highest BCUT2D eigenvalue weighted by molar-refractivity contribution is 9.11. The molecule has 0 aliphatic heterocycles. The lowest BCUT2D eigenvalue weighted by molar-refractivity contribution is -0.394. The number of hydrogen-bond acceptors (Lipinski definition) is 8. The summed E-state index contributed by atoms with van der Waals surface area (Å²) < 4.78 is 12.6. The number of rotatable bonds is 7. The van der Waals surface area contributed by atoms with E-state index in [0.717, 1.165) is 39.9 Å². The summed E-state index contributed by atoms with van der Waals surface area (Å²) in [5.74, 6) is 0.660. The summed E-state index contributed by atoms with van der Waals surface area (Å²) in [6, 6.07) is 20.0. The minimum atomic E-state index is -0.734. The smallest absolute Gasteiger partial charge is 0.318 e. The van der Waals surface area contributed by atoms with E-state index in [0.29, 0.717) is 20.5 Å². The number of non-ortho nitro benzene ring substituents is 1. The molecule has 12 heteroatoms. The van der Waals surface area contributed by atoms with Gasteiger partial charge < -0.3 is 9.15 Å². The monoisotopic (exact) mass is 650 g/mol. The Kier molecular flexibility index (Phi) is 7.22. The van der Waals surface area contributed by atoms with Crippen LogP contribution in [0.2, 0.25) is 0 Å². The SMILES string of the molecule is Cc1ccc2oc(-c3ccc(N=Cc4cc(Br)c(Oc5ccc([N+](=O)[O-])cc5[N+](=O)[O-])c(Br)c4)cc3)nc2c1. The maximum Gasteiger partial charge on any atom is 0.318 e. The van der Waals surface area contributed by atoms with Crippen LogP contribution in [0, 0.1) is 27.2 Å². The van der Waals surface area contributed by atoms with Gasteiger partial charge in [-0.25, -0.2) is 4.98 Å². The second kappa shape index (κ2) is 10.8. The van der Waals surface area contributed by atoms with Crippen molar-refractivity contribution in [3.8, 4) is 23.0 Å². The fraction of sp³-hybridized carbons (Fsp3) is 0.0370. The van der Waals surface area contributed by atoms with Gasteiger partial charge >= 0.3 is 5.69 Å². The molecule has 0 radical (unpaired) electrons. The van der Waals surface area contributed by atoms with Crippen LogP contribution in [0.3, 0.4) is 0 Å². The Morgan fingerprint density at radius 1 is 0.923 bits per heavy atom. The molecule has 0 fully saturated rings. The Morgan fingerprint density at radius 2 is 1.64 bits per heavy atom.